The predicted octanol–water partition coefficient (Wildman–Crippen LogP) is -0.986. The van der Waals surface area contributed by atoms with Gasteiger partial charge in [0.1, 0.15) is 73.2 Å². The van der Waals surface area contributed by atoms with E-state index in [1.165, 1.54) is 13.8 Å². The normalized spacial score (nSPS) is 38.7. The number of aliphatic hydroxyl groups excluding tert-OH is 10. The first-order valence-electron chi connectivity index (χ1n) is 25.1. The first kappa shape index (κ1) is 61.2. The van der Waals surface area contributed by atoms with E-state index < -0.39 is 166 Å². The van der Waals surface area contributed by atoms with Gasteiger partial charge < -0.3 is 104 Å². The largest absolute Gasteiger partial charge is 0.481 e. The second kappa shape index (κ2) is 29.7. The van der Waals surface area contributed by atoms with E-state index in [-0.39, 0.29) is 18.8 Å². The summed E-state index contributed by atoms with van der Waals surface area (Å²) in [5.41, 5.74) is 0. The first-order chi connectivity index (χ1) is 33.6. The summed E-state index contributed by atoms with van der Waals surface area (Å²) in [5, 5.41) is 119. The number of aliphatic carboxylic acids is 1. The average molecular weight is 1030 g/mol. The van der Waals surface area contributed by atoms with Crippen molar-refractivity contribution in [3.63, 3.8) is 0 Å². The van der Waals surface area contributed by atoms with E-state index in [2.05, 4.69) is 0 Å². The molecule has 0 aliphatic carbocycles. The van der Waals surface area contributed by atoms with Crippen molar-refractivity contribution in [3.8, 4) is 0 Å². The molecule has 0 spiro atoms. The SMILES string of the molecule is CCCCC(CCCCCCCCC(O)CC(=O)O)OC1OC(COC2OC(C)C(OC(C)=O)C(O)C2O)C(O)C(O)C1OC1OC(CO)C(O)C(O)C1OC1OC(C)C(OC(=O)CC(C)C)C(O)C1O. The highest BCUT2D eigenvalue weighted by molar-refractivity contribution is 5.70. The topological polar surface area (TPSA) is 366 Å². The highest BCUT2D eigenvalue weighted by Crippen LogP contribution is 2.35. The molecule has 4 aliphatic rings. The maximum Gasteiger partial charge on any atom is 0.306 e. The van der Waals surface area contributed by atoms with Gasteiger partial charge in [0.2, 0.25) is 0 Å². The Morgan fingerprint density at radius 3 is 1.63 bits per heavy atom. The number of carbonyl (C=O) groups excluding carboxylic acids is 2. The lowest BCUT2D eigenvalue weighted by molar-refractivity contribution is -0.396. The van der Waals surface area contributed by atoms with Gasteiger partial charge in [-0.1, -0.05) is 72.1 Å². The molecule has 0 saturated carbocycles. The molecule has 0 aromatic heterocycles. The fourth-order valence-corrected chi connectivity index (χ4v) is 9.08. The summed E-state index contributed by atoms with van der Waals surface area (Å²) in [4.78, 5) is 35.0. The summed E-state index contributed by atoms with van der Waals surface area (Å²) in [6.45, 7) is 8.24. The molecular formula is C47H82O24. The zero-order chi connectivity index (χ0) is 52.7. The third-order valence-corrected chi connectivity index (χ3v) is 13.1. The summed E-state index contributed by atoms with van der Waals surface area (Å²) in [7, 11) is 0. The Labute approximate surface area is 414 Å². The third kappa shape index (κ3) is 17.9. The zero-order valence-electron chi connectivity index (χ0n) is 41.6. The summed E-state index contributed by atoms with van der Waals surface area (Å²) in [6, 6.07) is 0. The van der Waals surface area contributed by atoms with Crippen LogP contribution in [0.3, 0.4) is 0 Å². The van der Waals surface area contributed by atoms with Crippen LogP contribution in [0.5, 0.6) is 0 Å². The minimum Gasteiger partial charge on any atom is -0.481 e. The van der Waals surface area contributed by atoms with Crippen LogP contribution >= 0.6 is 0 Å². The molecule has 4 fully saturated rings. The molecule has 22 atom stereocenters. The Kier molecular flexibility index (Phi) is 25.6. The van der Waals surface area contributed by atoms with Crippen molar-refractivity contribution in [3.05, 3.63) is 0 Å². The van der Waals surface area contributed by atoms with Crippen molar-refractivity contribution in [2.45, 2.75) is 260 Å². The van der Waals surface area contributed by atoms with Crippen LogP contribution in [0.25, 0.3) is 0 Å². The molecule has 4 saturated heterocycles. The van der Waals surface area contributed by atoms with Crippen LogP contribution in [0.2, 0.25) is 0 Å². The molecule has 24 heteroatoms. The minimum absolute atomic E-state index is 0.0254. The standard InChI is InChI=1S/C47H82O24/c1-7-8-16-27(17-14-12-10-9-11-13-15-26(50)19-30(51)52)66-46-42(35(57)33(55)29(68-46)21-62-44-38(60)36(58)40(23(4)63-44)65-25(6)49)71-47-43(34(56)32(54)28(20-48)67-47)70-45-39(61)37(59)41(24(5)64-45)69-31(53)18-22(2)3/h22-24,26-29,32-48,50,54-61H,7-21H2,1-6H3,(H,51,52). The van der Waals surface area contributed by atoms with Gasteiger partial charge in [0, 0.05) is 13.3 Å². The summed E-state index contributed by atoms with van der Waals surface area (Å²) in [5.74, 6) is -2.49. The molecule has 71 heavy (non-hydrogen) atoms. The molecule has 414 valence electrons. The lowest BCUT2D eigenvalue weighted by Crippen LogP contribution is -2.67. The second-order valence-electron chi connectivity index (χ2n) is 19.6. The van der Waals surface area contributed by atoms with Gasteiger partial charge in [0.15, 0.2) is 37.4 Å². The number of carbonyl (C=O) groups is 3. The number of hydrogen-bond donors (Lipinski definition) is 11. The number of unbranched alkanes of at least 4 members (excludes halogenated alkanes) is 6. The Bertz CT molecular complexity index is 1580. The maximum atomic E-state index is 12.5. The Morgan fingerprint density at radius 1 is 0.563 bits per heavy atom. The molecule has 0 aromatic carbocycles. The molecule has 4 rings (SSSR count). The van der Waals surface area contributed by atoms with Gasteiger partial charge in [-0.3, -0.25) is 14.4 Å². The minimum atomic E-state index is -1.94. The number of carboxylic acids is 1. The monoisotopic (exact) mass is 1030 g/mol. The van der Waals surface area contributed by atoms with Crippen molar-refractivity contribution in [1.82, 2.24) is 0 Å². The van der Waals surface area contributed by atoms with Crippen LogP contribution in [0, 0.1) is 5.92 Å². The van der Waals surface area contributed by atoms with Gasteiger partial charge in [-0.05, 0) is 39.0 Å². The number of rotatable bonds is 28. The smallest absolute Gasteiger partial charge is 0.306 e. The van der Waals surface area contributed by atoms with Crippen molar-refractivity contribution in [2.75, 3.05) is 13.2 Å². The second-order valence-corrected chi connectivity index (χ2v) is 19.6. The molecule has 0 aromatic rings. The number of carboxylic acid groups (broad SMARTS) is 1. The van der Waals surface area contributed by atoms with Crippen LogP contribution < -0.4 is 0 Å². The Balaban J connectivity index is 1.56. The van der Waals surface area contributed by atoms with E-state index in [9.17, 15) is 65.4 Å². The van der Waals surface area contributed by atoms with Crippen molar-refractivity contribution < 1.29 is 118 Å². The van der Waals surface area contributed by atoms with E-state index in [1.54, 1.807) is 13.8 Å². The molecule has 0 amide bonds. The average Bonchev–Trinajstić information content (AvgIpc) is 3.30. The van der Waals surface area contributed by atoms with Gasteiger partial charge >= 0.3 is 17.9 Å². The van der Waals surface area contributed by atoms with E-state index in [4.69, 9.17) is 52.5 Å². The molecular weight excluding hydrogens is 948 g/mol. The van der Waals surface area contributed by atoms with Gasteiger partial charge in [0.05, 0.1) is 44.1 Å². The van der Waals surface area contributed by atoms with Gasteiger partial charge in [0.25, 0.3) is 0 Å². The molecule has 0 radical (unpaired) electrons. The van der Waals surface area contributed by atoms with E-state index in [0.717, 1.165) is 39.0 Å². The van der Waals surface area contributed by atoms with Crippen LogP contribution in [0.4, 0.5) is 0 Å². The van der Waals surface area contributed by atoms with Gasteiger partial charge in [-0.15, -0.1) is 0 Å². The summed E-state index contributed by atoms with van der Waals surface area (Å²) >= 11 is 0. The van der Waals surface area contributed by atoms with E-state index >= 15 is 0 Å². The van der Waals surface area contributed by atoms with Crippen molar-refractivity contribution in [1.29, 1.82) is 0 Å². The number of esters is 2. The van der Waals surface area contributed by atoms with Gasteiger partial charge in [-0.2, -0.15) is 0 Å². The zero-order valence-corrected chi connectivity index (χ0v) is 41.6. The molecule has 11 N–H and O–H groups in total. The van der Waals surface area contributed by atoms with Gasteiger partial charge in [-0.25, -0.2) is 0 Å². The molecule has 4 heterocycles. The van der Waals surface area contributed by atoms with Crippen LogP contribution in [-0.4, -0.2) is 222 Å². The maximum absolute atomic E-state index is 12.5. The first-order valence-corrected chi connectivity index (χ1v) is 25.1. The fraction of sp³-hybridized carbons (Fsp3) is 0.936. The fourth-order valence-electron chi connectivity index (χ4n) is 9.08. The lowest BCUT2D eigenvalue weighted by Gasteiger charge is -2.49. The molecule has 4 aliphatic heterocycles. The highest BCUT2D eigenvalue weighted by atomic mass is 16.8. The number of hydrogen-bond acceptors (Lipinski definition) is 23. The Morgan fingerprint density at radius 2 is 1.06 bits per heavy atom. The third-order valence-electron chi connectivity index (χ3n) is 13.1. The van der Waals surface area contributed by atoms with Crippen molar-refractivity contribution >= 4 is 17.9 Å². The van der Waals surface area contributed by atoms with Crippen LogP contribution in [0.1, 0.15) is 125 Å². The van der Waals surface area contributed by atoms with Crippen LogP contribution in [0.15, 0.2) is 0 Å². The molecule has 0 bridgehead atoms. The van der Waals surface area contributed by atoms with Crippen molar-refractivity contribution in [2.24, 2.45) is 5.92 Å². The van der Waals surface area contributed by atoms with Crippen LogP contribution in [-0.2, 0) is 61.8 Å². The van der Waals surface area contributed by atoms with E-state index in [0.29, 0.717) is 38.5 Å². The quantitative estimate of drug-likeness (QED) is 0.0331. The number of aliphatic hydroxyl groups is 10. The number of ether oxygens (including phenoxy) is 10. The summed E-state index contributed by atoms with van der Waals surface area (Å²) in [6.07, 6.45) is -26.3. The molecule has 22 unspecified atom stereocenters. The summed E-state index contributed by atoms with van der Waals surface area (Å²) < 4.78 is 59.0. The van der Waals surface area contributed by atoms with E-state index in [1.807, 2.05) is 6.92 Å². The lowest BCUT2D eigenvalue weighted by atomic mass is 9.96. The Hall–Kier alpha value is -2.31. The molecule has 24 nitrogen and oxygen atoms in total. The predicted molar refractivity (Wildman–Crippen MR) is 241 cm³/mol. The highest BCUT2D eigenvalue weighted by Gasteiger charge is 2.55.